The van der Waals surface area contributed by atoms with E-state index in [1.807, 2.05) is 37.3 Å². The van der Waals surface area contributed by atoms with E-state index in [-0.39, 0.29) is 5.75 Å². The summed E-state index contributed by atoms with van der Waals surface area (Å²) in [6, 6.07) is 21.9. The highest BCUT2D eigenvalue weighted by atomic mass is 16.5. The van der Waals surface area contributed by atoms with Gasteiger partial charge in [0.2, 0.25) is 0 Å². The number of imidazole rings is 1. The van der Waals surface area contributed by atoms with Crippen molar-refractivity contribution in [1.29, 1.82) is 0 Å². The first kappa shape index (κ1) is 18.8. The van der Waals surface area contributed by atoms with E-state index >= 15 is 0 Å². The van der Waals surface area contributed by atoms with E-state index in [1.54, 1.807) is 6.07 Å². The van der Waals surface area contributed by atoms with Gasteiger partial charge in [-0.2, -0.15) is 0 Å². The average molecular weight is 384 g/mol. The molecule has 2 N–H and O–H groups in total. The van der Waals surface area contributed by atoms with Gasteiger partial charge in [0.15, 0.2) is 11.5 Å². The van der Waals surface area contributed by atoms with E-state index in [1.165, 1.54) is 11.1 Å². The van der Waals surface area contributed by atoms with Crippen LogP contribution in [-0.4, -0.2) is 21.7 Å². The number of nitrogens with one attached hydrogen (secondary N) is 1. The molecular weight excluding hydrogens is 360 g/mol. The summed E-state index contributed by atoms with van der Waals surface area (Å²) in [6.07, 6.45) is 0. The number of nitrogens with zero attached hydrogens (tertiary/aromatic N) is 1. The van der Waals surface area contributed by atoms with E-state index < -0.39 is 0 Å². The van der Waals surface area contributed by atoms with Crippen LogP contribution in [0.5, 0.6) is 11.5 Å². The first-order valence-electron chi connectivity index (χ1n) is 9.76. The summed E-state index contributed by atoms with van der Waals surface area (Å²) in [5.41, 5.74) is 7.36. The molecule has 0 atom stereocenters. The van der Waals surface area contributed by atoms with Crippen molar-refractivity contribution in [3.05, 3.63) is 77.9 Å². The zero-order valence-corrected chi connectivity index (χ0v) is 16.9. The molecule has 1 heterocycles. The summed E-state index contributed by atoms with van der Waals surface area (Å²) in [5.74, 6) is 1.31. The van der Waals surface area contributed by atoms with Gasteiger partial charge < -0.3 is 14.8 Å². The maximum atomic E-state index is 10.0. The standard InChI is InChI=1S/C25H24N2O2/c1-4-29-22-15-20(12-13-21(22)28)25-26-23(18-8-6-5-7-9-18)24(27-25)19-11-10-16(2)17(3)14-19/h5-15,28H,4H2,1-3H3,(H,26,27). The van der Waals surface area contributed by atoms with Crippen molar-refractivity contribution in [2.75, 3.05) is 6.61 Å². The van der Waals surface area contributed by atoms with E-state index in [2.05, 4.69) is 49.2 Å². The predicted octanol–water partition coefficient (Wildman–Crippen LogP) is 6.13. The maximum absolute atomic E-state index is 10.0. The average Bonchev–Trinajstić information content (AvgIpc) is 3.18. The number of hydrogen-bond acceptors (Lipinski definition) is 3. The molecular formula is C25H24N2O2. The Morgan fingerprint density at radius 2 is 1.62 bits per heavy atom. The normalized spacial score (nSPS) is 10.9. The van der Waals surface area contributed by atoms with Gasteiger partial charge in [-0.25, -0.2) is 4.98 Å². The van der Waals surface area contributed by atoms with E-state index in [0.717, 1.165) is 33.9 Å². The topological polar surface area (TPSA) is 58.1 Å². The molecule has 0 unspecified atom stereocenters. The van der Waals surface area contributed by atoms with Crippen molar-refractivity contribution in [3.63, 3.8) is 0 Å². The van der Waals surface area contributed by atoms with Crippen LogP contribution < -0.4 is 4.74 Å². The number of aromatic nitrogens is 2. The number of ether oxygens (including phenoxy) is 1. The van der Waals surface area contributed by atoms with Crippen molar-refractivity contribution < 1.29 is 9.84 Å². The molecule has 0 fully saturated rings. The minimum absolute atomic E-state index is 0.125. The fourth-order valence-electron chi connectivity index (χ4n) is 3.35. The van der Waals surface area contributed by atoms with Gasteiger partial charge in [-0.05, 0) is 56.2 Å². The van der Waals surface area contributed by atoms with E-state index in [0.29, 0.717) is 12.4 Å². The van der Waals surface area contributed by atoms with Gasteiger partial charge in [-0.15, -0.1) is 0 Å². The number of aromatic hydroxyl groups is 1. The monoisotopic (exact) mass is 384 g/mol. The fourth-order valence-corrected chi connectivity index (χ4v) is 3.35. The lowest BCUT2D eigenvalue weighted by Crippen LogP contribution is -1.92. The van der Waals surface area contributed by atoms with Crippen LogP contribution in [0.25, 0.3) is 33.9 Å². The molecule has 0 amide bonds. The number of aryl methyl sites for hydroxylation is 2. The number of phenolic OH excluding ortho intramolecular Hbond substituents is 1. The zero-order chi connectivity index (χ0) is 20.4. The molecule has 4 aromatic rings. The zero-order valence-electron chi connectivity index (χ0n) is 16.9. The second-order valence-corrected chi connectivity index (χ2v) is 7.09. The van der Waals surface area contributed by atoms with Crippen molar-refractivity contribution in [2.45, 2.75) is 20.8 Å². The number of H-pyrrole nitrogens is 1. The first-order chi connectivity index (χ1) is 14.1. The van der Waals surface area contributed by atoms with Gasteiger partial charge >= 0.3 is 0 Å². The van der Waals surface area contributed by atoms with Gasteiger partial charge in [-0.3, -0.25) is 0 Å². The molecule has 0 aliphatic rings. The van der Waals surface area contributed by atoms with Gasteiger partial charge in [0.1, 0.15) is 5.82 Å². The Morgan fingerprint density at radius 3 is 2.34 bits per heavy atom. The molecule has 4 heteroatoms. The quantitative estimate of drug-likeness (QED) is 0.435. The number of aromatic amines is 1. The maximum Gasteiger partial charge on any atom is 0.161 e. The molecule has 29 heavy (non-hydrogen) atoms. The molecule has 0 aliphatic carbocycles. The Hall–Kier alpha value is -3.53. The molecule has 0 spiro atoms. The van der Waals surface area contributed by atoms with Crippen molar-refractivity contribution in [2.24, 2.45) is 0 Å². The SMILES string of the molecule is CCOc1cc(-c2nc(-c3ccc(C)c(C)c3)c(-c3ccccc3)[nH]2)ccc1O. The number of benzene rings is 3. The van der Waals surface area contributed by atoms with Crippen LogP contribution in [0.15, 0.2) is 66.7 Å². The highest BCUT2D eigenvalue weighted by Gasteiger charge is 2.17. The summed E-state index contributed by atoms with van der Waals surface area (Å²) in [4.78, 5) is 8.42. The Kier molecular flexibility index (Phi) is 5.09. The highest BCUT2D eigenvalue weighted by molar-refractivity contribution is 5.81. The number of hydrogen-bond donors (Lipinski definition) is 2. The Morgan fingerprint density at radius 1 is 0.862 bits per heavy atom. The molecule has 4 nitrogen and oxygen atoms in total. The third-order valence-electron chi connectivity index (χ3n) is 5.08. The minimum Gasteiger partial charge on any atom is -0.504 e. The van der Waals surface area contributed by atoms with Crippen LogP contribution in [0, 0.1) is 13.8 Å². The Balaban J connectivity index is 1.88. The molecule has 146 valence electrons. The minimum atomic E-state index is 0.125. The molecule has 0 saturated heterocycles. The summed E-state index contributed by atoms with van der Waals surface area (Å²) in [5, 5.41) is 10.0. The van der Waals surface area contributed by atoms with Crippen LogP contribution in [0.1, 0.15) is 18.1 Å². The Labute approximate surface area is 170 Å². The van der Waals surface area contributed by atoms with Gasteiger partial charge in [-0.1, -0.05) is 42.5 Å². The summed E-state index contributed by atoms with van der Waals surface area (Å²) >= 11 is 0. The lowest BCUT2D eigenvalue weighted by Gasteiger charge is -2.07. The lowest BCUT2D eigenvalue weighted by atomic mass is 10.0. The summed E-state index contributed by atoms with van der Waals surface area (Å²) in [6.45, 7) is 6.60. The van der Waals surface area contributed by atoms with E-state index in [4.69, 9.17) is 9.72 Å². The van der Waals surface area contributed by atoms with Crippen molar-refractivity contribution >= 4 is 0 Å². The van der Waals surface area contributed by atoms with Crippen molar-refractivity contribution in [1.82, 2.24) is 9.97 Å². The van der Waals surface area contributed by atoms with Gasteiger partial charge in [0.25, 0.3) is 0 Å². The second kappa shape index (κ2) is 7.84. The van der Waals surface area contributed by atoms with E-state index in [9.17, 15) is 5.11 Å². The lowest BCUT2D eigenvalue weighted by molar-refractivity contribution is 0.318. The largest absolute Gasteiger partial charge is 0.504 e. The third kappa shape index (κ3) is 3.74. The molecule has 3 aromatic carbocycles. The molecule has 0 radical (unpaired) electrons. The fraction of sp³-hybridized carbons (Fsp3) is 0.160. The summed E-state index contributed by atoms with van der Waals surface area (Å²) < 4.78 is 5.54. The van der Waals surface area contributed by atoms with Crippen LogP contribution in [0.2, 0.25) is 0 Å². The molecule has 0 saturated carbocycles. The van der Waals surface area contributed by atoms with Crippen LogP contribution in [0.3, 0.4) is 0 Å². The predicted molar refractivity (Wildman–Crippen MR) is 117 cm³/mol. The van der Waals surface area contributed by atoms with Crippen LogP contribution >= 0.6 is 0 Å². The van der Waals surface area contributed by atoms with Crippen molar-refractivity contribution in [3.8, 4) is 45.4 Å². The highest BCUT2D eigenvalue weighted by Crippen LogP contribution is 2.36. The van der Waals surface area contributed by atoms with Crippen LogP contribution in [0.4, 0.5) is 0 Å². The molecule has 0 bridgehead atoms. The number of rotatable bonds is 5. The Bertz CT molecular complexity index is 1150. The van der Waals surface area contributed by atoms with Gasteiger partial charge in [0, 0.05) is 16.7 Å². The third-order valence-corrected chi connectivity index (χ3v) is 5.08. The smallest absolute Gasteiger partial charge is 0.161 e. The molecule has 0 aliphatic heterocycles. The molecule has 1 aromatic heterocycles. The first-order valence-corrected chi connectivity index (χ1v) is 9.76. The van der Waals surface area contributed by atoms with Gasteiger partial charge in [0.05, 0.1) is 18.0 Å². The summed E-state index contributed by atoms with van der Waals surface area (Å²) in [7, 11) is 0. The molecule has 4 rings (SSSR count). The number of phenols is 1. The van der Waals surface area contributed by atoms with Crippen LogP contribution in [-0.2, 0) is 0 Å². The second-order valence-electron chi connectivity index (χ2n) is 7.09.